The maximum absolute atomic E-state index is 12.8. The molecular weight excluding hydrogens is 340 g/mol. The number of carbonyl (C=O) groups is 1. The van der Waals surface area contributed by atoms with Gasteiger partial charge in [-0.3, -0.25) is 9.78 Å². The highest BCUT2D eigenvalue weighted by Crippen LogP contribution is 2.24. The smallest absolute Gasteiger partial charge is 0.275 e. The highest BCUT2D eigenvalue weighted by molar-refractivity contribution is 6.28. The first-order valence-electron chi connectivity index (χ1n) is 7.90. The van der Waals surface area contributed by atoms with Gasteiger partial charge in [0.2, 0.25) is 5.28 Å². The Kier molecular flexibility index (Phi) is 3.93. The largest absolute Gasteiger partial charge is 0.341 e. The Morgan fingerprint density at radius 3 is 2.88 bits per heavy atom. The number of rotatable bonds is 2. The van der Waals surface area contributed by atoms with E-state index >= 15 is 0 Å². The summed E-state index contributed by atoms with van der Waals surface area (Å²) in [4.78, 5) is 34.0. The third-order valence-corrected chi connectivity index (χ3v) is 4.41. The molecule has 4 rings (SSSR count). The molecule has 3 aromatic rings. The first-order valence-corrected chi connectivity index (χ1v) is 8.27. The molecule has 0 fully saturated rings. The third kappa shape index (κ3) is 2.98. The Hall–Kier alpha value is -2.80. The number of nitrogens with zero attached hydrogens (tertiary/aromatic N) is 5. The van der Waals surface area contributed by atoms with Crippen molar-refractivity contribution in [3.8, 4) is 0 Å². The zero-order chi connectivity index (χ0) is 17.4. The highest BCUT2D eigenvalue weighted by Gasteiger charge is 2.24. The zero-order valence-corrected chi connectivity index (χ0v) is 14.3. The number of amides is 1. The Bertz CT molecular complexity index is 978. The second-order valence-corrected chi connectivity index (χ2v) is 6.20. The number of nitrogens with one attached hydrogen (secondary N) is 1. The van der Waals surface area contributed by atoms with E-state index in [9.17, 15) is 4.79 Å². The summed E-state index contributed by atoms with van der Waals surface area (Å²) in [6.45, 7) is 3.08. The van der Waals surface area contributed by atoms with Crippen LogP contribution in [0.1, 0.15) is 28.2 Å². The Balaban J connectivity index is 1.58. The molecule has 0 saturated carbocycles. The van der Waals surface area contributed by atoms with E-state index < -0.39 is 0 Å². The van der Waals surface area contributed by atoms with E-state index in [0.717, 1.165) is 17.7 Å². The quantitative estimate of drug-likeness (QED) is 0.715. The van der Waals surface area contributed by atoms with E-state index in [1.807, 2.05) is 19.2 Å². The van der Waals surface area contributed by atoms with Crippen LogP contribution in [-0.2, 0) is 0 Å². The maximum Gasteiger partial charge on any atom is 0.275 e. The molecule has 0 atom stereocenters. The number of hydrogen-bond acceptors (Lipinski definition) is 5. The molecular formula is C17H15ClN6O. The lowest BCUT2D eigenvalue weighted by atomic mass is 10.0. The van der Waals surface area contributed by atoms with Crippen molar-refractivity contribution in [1.29, 1.82) is 0 Å². The lowest BCUT2D eigenvalue weighted by Crippen LogP contribution is -2.35. The van der Waals surface area contributed by atoms with E-state index in [0.29, 0.717) is 24.3 Å². The van der Waals surface area contributed by atoms with Crippen LogP contribution in [0, 0.1) is 6.92 Å². The number of hydrogen-bond donors (Lipinski definition) is 1. The third-order valence-electron chi connectivity index (χ3n) is 4.24. The van der Waals surface area contributed by atoms with Gasteiger partial charge < -0.3 is 9.88 Å². The predicted molar refractivity (Wildman–Crippen MR) is 94.2 cm³/mol. The van der Waals surface area contributed by atoms with Crippen molar-refractivity contribution in [2.45, 2.75) is 13.3 Å². The van der Waals surface area contributed by atoms with Crippen molar-refractivity contribution >= 4 is 34.2 Å². The van der Waals surface area contributed by atoms with Crippen molar-refractivity contribution in [2.75, 3.05) is 13.1 Å². The summed E-state index contributed by atoms with van der Waals surface area (Å²) >= 11 is 5.91. The first kappa shape index (κ1) is 15.7. The summed E-state index contributed by atoms with van der Waals surface area (Å²) in [7, 11) is 0. The van der Waals surface area contributed by atoms with Gasteiger partial charge in [0.1, 0.15) is 5.52 Å². The second kappa shape index (κ2) is 6.25. The summed E-state index contributed by atoms with van der Waals surface area (Å²) in [6.07, 6.45) is 6.17. The Labute approximate surface area is 148 Å². The number of aryl methyl sites for hydroxylation is 1. The first-order chi connectivity index (χ1) is 12.1. The number of aromatic amines is 1. The van der Waals surface area contributed by atoms with Crippen molar-refractivity contribution in [3.63, 3.8) is 0 Å². The fourth-order valence-electron chi connectivity index (χ4n) is 2.88. The summed E-state index contributed by atoms with van der Waals surface area (Å²) in [5, 5.41) is 0.0157. The molecule has 1 amide bonds. The van der Waals surface area contributed by atoms with Gasteiger partial charge in [-0.05, 0) is 42.1 Å². The standard InChI is InChI=1S/C17H15ClN6O/c1-10-2-3-12(8-19-10)11-4-6-24(7-5-11)16(25)14-13-15(21-9-20-13)23-17(18)22-14/h2-4,8-9H,5-7H2,1H3,(H,20,21,22,23). The van der Waals surface area contributed by atoms with E-state index in [1.165, 1.54) is 11.9 Å². The lowest BCUT2D eigenvalue weighted by Gasteiger charge is -2.26. The van der Waals surface area contributed by atoms with Gasteiger partial charge in [-0.15, -0.1) is 0 Å². The van der Waals surface area contributed by atoms with Crippen LogP contribution in [0.25, 0.3) is 16.7 Å². The van der Waals surface area contributed by atoms with Crippen molar-refractivity contribution < 1.29 is 4.79 Å². The SMILES string of the molecule is Cc1ccc(C2=CCN(C(=O)c3nc(Cl)nc4nc[nH]c34)CC2)cn1. The van der Waals surface area contributed by atoms with Crippen molar-refractivity contribution in [1.82, 2.24) is 29.8 Å². The fourth-order valence-corrected chi connectivity index (χ4v) is 3.05. The summed E-state index contributed by atoms with van der Waals surface area (Å²) in [6, 6.07) is 4.05. The topological polar surface area (TPSA) is 87.7 Å². The number of halogens is 1. The van der Waals surface area contributed by atoms with Crippen molar-refractivity contribution in [3.05, 3.63) is 53.0 Å². The molecule has 1 aliphatic rings. The van der Waals surface area contributed by atoms with Gasteiger partial charge in [-0.2, -0.15) is 4.98 Å². The summed E-state index contributed by atoms with van der Waals surface area (Å²) in [5.74, 6) is -0.184. The molecule has 0 aliphatic carbocycles. The monoisotopic (exact) mass is 354 g/mol. The lowest BCUT2D eigenvalue weighted by molar-refractivity contribution is 0.0769. The van der Waals surface area contributed by atoms with Crippen LogP contribution in [0.15, 0.2) is 30.7 Å². The van der Waals surface area contributed by atoms with Gasteiger partial charge >= 0.3 is 0 Å². The molecule has 3 aromatic heterocycles. The van der Waals surface area contributed by atoms with E-state index in [1.54, 1.807) is 4.90 Å². The van der Waals surface area contributed by atoms with Crippen molar-refractivity contribution in [2.24, 2.45) is 0 Å². The van der Waals surface area contributed by atoms with Gasteiger partial charge in [0, 0.05) is 25.0 Å². The number of carbonyl (C=O) groups excluding carboxylic acids is 1. The molecule has 1 N–H and O–H groups in total. The van der Waals surface area contributed by atoms with Crippen LogP contribution < -0.4 is 0 Å². The molecule has 0 bridgehead atoms. The minimum atomic E-state index is -0.184. The molecule has 25 heavy (non-hydrogen) atoms. The summed E-state index contributed by atoms with van der Waals surface area (Å²) in [5.41, 5.74) is 4.43. The van der Waals surface area contributed by atoms with Crippen LogP contribution in [0.5, 0.6) is 0 Å². The molecule has 0 spiro atoms. The molecule has 126 valence electrons. The normalized spacial score (nSPS) is 14.6. The number of aromatic nitrogens is 5. The minimum Gasteiger partial charge on any atom is -0.341 e. The van der Waals surface area contributed by atoms with Crippen LogP contribution in [0.3, 0.4) is 0 Å². The second-order valence-electron chi connectivity index (χ2n) is 5.86. The molecule has 0 unspecified atom stereocenters. The van der Waals surface area contributed by atoms with Crippen LogP contribution in [0.2, 0.25) is 5.28 Å². The maximum atomic E-state index is 12.8. The number of pyridine rings is 1. The zero-order valence-electron chi connectivity index (χ0n) is 13.5. The number of imidazole rings is 1. The minimum absolute atomic E-state index is 0.0157. The molecule has 8 heteroatoms. The Morgan fingerprint density at radius 2 is 2.16 bits per heavy atom. The molecule has 0 aromatic carbocycles. The van der Waals surface area contributed by atoms with Gasteiger partial charge in [0.05, 0.1) is 6.33 Å². The number of fused-ring (bicyclic) bond motifs is 1. The van der Waals surface area contributed by atoms with Gasteiger partial charge in [0.15, 0.2) is 11.3 Å². The van der Waals surface area contributed by atoms with E-state index in [2.05, 4.69) is 37.1 Å². The average molecular weight is 355 g/mol. The van der Waals surface area contributed by atoms with E-state index in [-0.39, 0.29) is 16.9 Å². The van der Waals surface area contributed by atoms with Crippen LogP contribution in [-0.4, -0.2) is 48.8 Å². The molecule has 7 nitrogen and oxygen atoms in total. The van der Waals surface area contributed by atoms with E-state index in [4.69, 9.17) is 11.6 Å². The predicted octanol–water partition coefficient (Wildman–Crippen LogP) is 2.64. The van der Waals surface area contributed by atoms with Gasteiger partial charge in [0.25, 0.3) is 5.91 Å². The molecule has 0 saturated heterocycles. The molecule has 0 radical (unpaired) electrons. The van der Waals surface area contributed by atoms with Crippen LogP contribution in [0.4, 0.5) is 0 Å². The highest BCUT2D eigenvalue weighted by atomic mass is 35.5. The van der Waals surface area contributed by atoms with Gasteiger partial charge in [-0.25, -0.2) is 9.97 Å². The Morgan fingerprint density at radius 1 is 1.28 bits per heavy atom. The fraction of sp³-hybridized carbons (Fsp3) is 0.235. The molecule has 1 aliphatic heterocycles. The number of H-pyrrole nitrogens is 1. The average Bonchev–Trinajstić information content (AvgIpc) is 3.09. The van der Waals surface area contributed by atoms with Crippen LogP contribution >= 0.6 is 11.6 Å². The molecule has 4 heterocycles. The van der Waals surface area contributed by atoms with Gasteiger partial charge in [-0.1, -0.05) is 12.1 Å². The summed E-state index contributed by atoms with van der Waals surface area (Å²) < 4.78 is 0.